The van der Waals surface area contributed by atoms with E-state index in [0.717, 1.165) is 22.2 Å². The Balaban J connectivity index is 1.34. The van der Waals surface area contributed by atoms with Crippen molar-refractivity contribution in [2.24, 2.45) is 0 Å². The highest BCUT2D eigenvalue weighted by Crippen LogP contribution is 2.33. The van der Waals surface area contributed by atoms with Crippen molar-refractivity contribution in [3.63, 3.8) is 0 Å². The predicted octanol–water partition coefficient (Wildman–Crippen LogP) is 6.18. The number of imide groups is 1. The molecule has 0 aliphatic carbocycles. The minimum Gasteiger partial charge on any atom is -0.493 e. The standard InChI is InChI=1S/C26H21ClFNO5S/c1-32-22-7-2-3-8-23(22)33-14-13-29-25(30)24(35-26(29)31)15-17-9-11-18(12-10-17)34-16-19-20(27)5-4-6-21(19)28/h2-12,15H,13-14,16H2,1H3/b24-15-. The van der Waals surface area contributed by atoms with Gasteiger partial charge >= 0.3 is 0 Å². The van der Waals surface area contributed by atoms with Crippen molar-refractivity contribution < 1.29 is 28.2 Å². The van der Waals surface area contributed by atoms with Gasteiger partial charge in [0.05, 0.1) is 23.6 Å². The second kappa shape index (κ2) is 11.3. The third kappa shape index (κ3) is 5.96. The maximum Gasteiger partial charge on any atom is 0.293 e. The first-order valence-corrected chi connectivity index (χ1v) is 11.8. The second-order valence-corrected chi connectivity index (χ2v) is 8.79. The quantitative estimate of drug-likeness (QED) is 0.318. The number of carbonyl (C=O) groups is 2. The first-order chi connectivity index (χ1) is 17.0. The molecular formula is C26H21ClFNO5S. The molecule has 0 spiro atoms. The molecule has 0 aromatic heterocycles. The number of rotatable bonds is 9. The van der Waals surface area contributed by atoms with Gasteiger partial charge in [0.15, 0.2) is 11.5 Å². The van der Waals surface area contributed by atoms with Crippen LogP contribution < -0.4 is 14.2 Å². The van der Waals surface area contributed by atoms with Crippen molar-refractivity contribution in [1.82, 2.24) is 4.90 Å². The Labute approximate surface area is 211 Å². The molecule has 0 bridgehead atoms. The molecular weight excluding hydrogens is 493 g/mol. The van der Waals surface area contributed by atoms with E-state index in [2.05, 4.69) is 0 Å². The molecule has 35 heavy (non-hydrogen) atoms. The molecule has 2 amide bonds. The fraction of sp³-hybridized carbons (Fsp3) is 0.154. The molecule has 0 saturated carbocycles. The van der Waals surface area contributed by atoms with E-state index >= 15 is 0 Å². The Morgan fingerprint density at radius 1 is 0.971 bits per heavy atom. The summed E-state index contributed by atoms with van der Waals surface area (Å²) < 4.78 is 30.4. The van der Waals surface area contributed by atoms with E-state index in [1.54, 1.807) is 55.7 Å². The van der Waals surface area contributed by atoms with Gasteiger partial charge in [0.1, 0.15) is 24.8 Å². The van der Waals surface area contributed by atoms with Gasteiger partial charge in [-0.3, -0.25) is 14.5 Å². The van der Waals surface area contributed by atoms with Crippen LogP contribution in [-0.4, -0.2) is 36.3 Å². The first-order valence-electron chi connectivity index (χ1n) is 10.6. The number of hydrogen-bond donors (Lipinski definition) is 0. The SMILES string of the molecule is COc1ccccc1OCCN1C(=O)S/C(=C\c2ccc(OCc3c(F)cccc3Cl)cc2)C1=O. The molecule has 9 heteroatoms. The average Bonchev–Trinajstić information content (AvgIpc) is 3.12. The number of benzene rings is 3. The van der Waals surface area contributed by atoms with Crippen LogP contribution in [0.5, 0.6) is 17.2 Å². The zero-order valence-electron chi connectivity index (χ0n) is 18.7. The molecule has 3 aromatic carbocycles. The van der Waals surface area contributed by atoms with Gasteiger partial charge in [-0.1, -0.05) is 41.9 Å². The first kappa shape index (κ1) is 24.6. The topological polar surface area (TPSA) is 65.1 Å². The minimum absolute atomic E-state index is 0.0132. The van der Waals surface area contributed by atoms with Crippen LogP contribution in [-0.2, 0) is 11.4 Å². The molecule has 1 fully saturated rings. The van der Waals surface area contributed by atoms with Crippen LogP contribution in [0.3, 0.4) is 0 Å². The van der Waals surface area contributed by atoms with E-state index in [1.165, 1.54) is 12.1 Å². The lowest BCUT2D eigenvalue weighted by molar-refractivity contribution is -0.123. The lowest BCUT2D eigenvalue weighted by Crippen LogP contribution is -2.32. The normalized spacial score (nSPS) is 14.5. The largest absolute Gasteiger partial charge is 0.493 e. The molecule has 3 aromatic rings. The summed E-state index contributed by atoms with van der Waals surface area (Å²) in [5.74, 6) is 0.822. The molecule has 1 aliphatic heterocycles. The minimum atomic E-state index is -0.432. The number of ether oxygens (including phenoxy) is 3. The van der Waals surface area contributed by atoms with Crippen LogP contribution in [0, 0.1) is 5.82 Å². The van der Waals surface area contributed by atoms with Gasteiger partial charge in [0.2, 0.25) is 0 Å². The lowest BCUT2D eigenvalue weighted by Gasteiger charge is -2.14. The maximum atomic E-state index is 13.9. The van der Waals surface area contributed by atoms with Gasteiger partial charge in [0.25, 0.3) is 11.1 Å². The molecule has 4 rings (SSSR count). The highest BCUT2D eigenvalue weighted by atomic mass is 35.5. The average molecular weight is 514 g/mol. The van der Waals surface area contributed by atoms with Crippen molar-refractivity contribution in [1.29, 1.82) is 0 Å². The Bertz CT molecular complexity index is 1240. The summed E-state index contributed by atoms with van der Waals surface area (Å²) in [7, 11) is 1.54. The van der Waals surface area contributed by atoms with Crippen molar-refractivity contribution in [3.8, 4) is 17.2 Å². The van der Waals surface area contributed by atoms with Crippen molar-refractivity contribution in [3.05, 3.63) is 93.6 Å². The van der Waals surface area contributed by atoms with E-state index in [0.29, 0.717) is 27.2 Å². The van der Waals surface area contributed by atoms with Crippen molar-refractivity contribution in [2.45, 2.75) is 6.61 Å². The molecule has 0 atom stereocenters. The molecule has 0 unspecified atom stereocenters. The van der Waals surface area contributed by atoms with E-state index in [4.69, 9.17) is 25.8 Å². The maximum absolute atomic E-state index is 13.9. The van der Waals surface area contributed by atoms with Gasteiger partial charge in [-0.05, 0) is 59.8 Å². The summed E-state index contributed by atoms with van der Waals surface area (Å²) in [5, 5.41) is -0.0581. The fourth-order valence-corrected chi connectivity index (χ4v) is 4.40. The summed E-state index contributed by atoms with van der Waals surface area (Å²) in [6.45, 7) is 0.246. The van der Waals surface area contributed by atoms with Gasteiger partial charge < -0.3 is 14.2 Å². The van der Waals surface area contributed by atoms with E-state index in [-0.39, 0.29) is 36.5 Å². The molecule has 1 heterocycles. The van der Waals surface area contributed by atoms with E-state index < -0.39 is 5.82 Å². The molecule has 6 nitrogen and oxygen atoms in total. The van der Waals surface area contributed by atoms with Crippen LogP contribution in [0.4, 0.5) is 9.18 Å². The number of para-hydroxylation sites is 2. The number of carbonyl (C=O) groups excluding carboxylic acids is 2. The van der Waals surface area contributed by atoms with Crippen LogP contribution >= 0.6 is 23.4 Å². The lowest BCUT2D eigenvalue weighted by atomic mass is 10.2. The number of amides is 2. The molecule has 0 N–H and O–H groups in total. The predicted molar refractivity (Wildman–Crippen MR) is 133 cm³/mol. The van der Waals surface area contributed by atoms with Crippen molar-refractivity contribution >= 4 is 40.6 Å². The van der Waals surface area contributed by atoms with Gasteiger partial charge in [-0.15, -0.1) is 0 Å². The third-order valence-corrected chi connectivity index (χ3v) is 6.40. The Kier molecular flexibility index (Phi) is 7.94. The number of thioether (sulfide) groups is 1. The number of hydrogen-bond acceptors (Lipinski definition) is 6. The van der Waals surface area contributed by atoms with Gasteiger partial charge in [-0.2, -0.15) is 0 Å². The monoisotopic (exact) mass is 513 g/mol. The summed E-state index contributed by atoms with van der Waals surface area (Å²) >= 11 is 6.90. The Morgan fingerprint density at radius 2 is 1.71 bits per heavy atom. The second-order valence-electron chi connectivity index (χ2n) is 7.39. The van der Waals surface area contributed by atoms with E-state index in [9.17, 15) is 14.0 Å². The molecule has 180 valence electrons. The zero-order chi connectivity index (χ0) is 24.8. The molecule has 1 saturated heterocycles. The van der Waals surface area contributed by atoms with Gasteiger partial charge in [-0.25, -0.2) is 4.39 Å². The summed E-state index contributed by atoms with van der Waals surface area (Å²) in [6, 6.07) is 18.5. The number of halogens is 2. The Morgan fingerprint density at radius 3 is 2.43 bits per heavy atom. The number of methoxy groups -OCH3 is 1. The number of nitrogens with zero attached hydrogens (tertiary/aromatic N) is 1. The highest BCUT2D eigenvalue weighted by molar-refractivity contribution is 8.18. The smallest absolute Gasteiger partial charge is 0.293 e. The zero-order valence-corrected chi connectivity index (χ0v) is 20.3. The summed E-state index contributed by atoms with van der Waals surface area (Å²) in [4.78, 5) is 26.6. The van der Waals surface area contributed by atoms with Gasteiger partial charge in [0, 0.05) is 5.56 Å². The van der Waals surface area contributed by atoms with Crippen LogP contribution in [0.1, 0.15) is 11.1 Å². The highest BCUT2D eigenvalue weighted by Gasteiger charge is 2.34. The van der Waals surface area contributed by atoms with E-state index in [1.807, 2.05) is 12.1 Å². The third-order valence-electron chi connectivity index (χ3n) is 5.14. The molecule has 0 radical (unpaired) electrons. The summed E-state index contributed by atoms with van der Waals surface area (Å²) in [5.41, 5.74) is 0.999. The molecule has 1 aliphatic rings. The van der Waals surface area contributed by atoms with Crippen LogP contribution in [0.2, 0.25) is 5.02 Å². The summed E-state index contributed by atoms with van der Waals surface area (Å²) in [6.07, 6.45) is 1.64. The van der Waals surface area contributed by atoms with Crippen LogP contribution in [0.15, 0.2) is 71.6 Å². The van der Waals surface area contributed by atoms with Crippen LogP contribution in [0.25, 0.3) is 6.08 Å². The van der Waals surface area contributed by atoms with Crippen molar-refractivity contribution in [2.75, 3.05) is 20.3 Å². The Hall–Kier alpha value is -3.49. The fourth-order valence-electron chi connectivity index (χ4n) is 3.32.